The van der Waals surface area contributed by atoms with E-state index in [0.29, 0.717) is 16.3 Å². The third kappa shape index (κ3) is 2.32. The minimum atomic E-state index is -0.375. The summed E-state index contributed by atoms with van der Waals surface area (Å²) in [6, 6.07) is 5.39. The van der Waals surface area contributed by atoms with Gasteiger partial charge in [-0.3, -0.25) is 4.79 Å². The number of carbonyl (C=O) groups excluding carboxylic acids is 1. The first kappa shape index (κ1) is 11.3. The molecular formula is C10H8N4O2S. The van der Waals surface area contributed by atoms with Gasteiger partial charge in [-0.25, -0.2) is 0 Å². The average Bonchev–Trinajstić information content (AvgIpc) is 2.98. The van der Waals surface area contributed by atoms with Gasteiger partial charge in [0.1, 0.15) is 10.9 Å². The summed E-state index contributed by atoms with van der Waals surface area (Å²) in [5, 5.41) is 14.8. The number of nitrogens with zero attached hydrogens (tertiary/aromatic N) is 3. The zero-order valence-electron chi connectivity index (χ0n) is 8.93. The molecule has 0 unspecified atom stereocenters. The molecule has 0 radical (unpaired) electrons. The molecule has 2 aromatic heterocycles. The van der Waals surface area contributed by atoms with Crippen molar-refractivity contribution >= 4 is 17.2 Å². The number of thiophene rings is 1. The highest BCUT2D eigenvalue weighted by atomic mass is 32.1. The summed E-state index contributed by atoms with van der Waals surface area (Å²) in [7, 11) is 0. The van der Waals surface area contributed by atoms with Crippen molar-refractivity contribution in [2.75, 3.05) is 6.54 Å². The van der Waals surface area contributed by atoms with Crippen molar-refractivity contribution in [1.82, 2.24) is 15.5 Å². The van der Waals surface area contributed by atoms with Crippen molar-refractivity contribution in [2.45, 2.75) is 6.92 Å². The fourth-order valence-electron chi connectivity index (χ4n) is 1.17. The zero-order valence-corrected chi connectivity index (χ0v) is 9.74. The second-order valence-corrected chi connectivity index (χ2v) is 4.14. The number of hydrogen-bond donors (Lipinski definition) is 1. The molecule has 7 heteroatoms. The maximum Gasteiger partial charge on any atom is 0.292 e. The lowest BCUT2D eigenvalue weighted by Gasteiger charge is -1.93. The van der Waals surface area contributed by atoms with Gasteiger partial charge in [-0.05, 0) is 19.1 Å². The number of aromatic nitrogens is 2. The topological polar surface area (TPSA) is 91.8 Å². The lowest BCUT2D eigenvalue weighted by molar-refractivity contribution is 0.0942. The lowest BCUT2D eigenvalue weighted by Crippen LogP contribution is -2.23. The normalized spacial score (nSPS) is 9.88. The van der Waals surface area contributed by atoms with Gasteiger partial charge in [-0.2, -0.15) is 10.2 Å². The van der Waals surface area contributed by atoms with Crippen molar-refractivity contribution in [3.63, 3.8) is 0 Å². The van der Waals surface area contributed by atoms with Crippen molar-refractivity contribution in [3.8, 4) is 16.8 Å². The third-order valence-corrected chi connectivity index (χ3v) is 2.87. The van der Waals surface area contributed by atoms with Crippen LogP contribution in [0.2, 0.25) is 0 Å². The largest absolute Gasteiger partial charge is 0.349 e. The number of carbonyl (C=O) groups is 1. The standard InChI is InChI=1S/C10H8N4O2S/c1-2-12-9(15)8-13-10(16-14-8)7-4-3-6(5-11)17-7/h3-4H,2H2,1H3,(H,12,15). The minimum absolute atomic E-state index is 0.00578. The van der Waals surface area contributed by atoms with Gasteiger partial charge in [0.15, 0.2) is 0 Å². The quantitative estimate of drug-likeness (QED) is 0.886. The van der Waals surface area contributed by atoms with E-state index in [1.807, 2.05) is 6.07 Å². The van der Waals surface area contributed by atoms with Crippen LogP contribution in [-0.4, -0.2) is 22.6 Å². The van der Waals surface area contributed by atoms with Gasteiger partial charge >= 0.3 is 0 Å². The number of rotatable bonds is 3. The predicted octanol–water partition coefficient (Wildman–Crippen LogP) is 1.42. The number of amides is 1. The molecule has 86 valence electrons. The second-order valence-electron chi connectivity index (χ2n) is 3.06. The molecule has 17 heavy (non-hydrogen) atoms. The van der Waals surface area contributed by atoms with E-state index < -0.39 is 0 Å². The van der Waals surface area contributed by atoms with Crippen molar-refractivity contribution < 1.29 is 9.32 Å². The fraction of sp³-hybridized carbons (Fsp3) is 0.200. The van der Waals surface area contributed by atoms with Gasteiger partial charge in [-0.1, -0.05) is 5.16 Å². The maximum absolute atomic E-state index is 11.4. The molecule has 0 aromatic carbocycles. The first-order chi connectivity index (χ1) is 8.24. The van der Waals surface area contributed by atoms with Gasteiger partial charge in [0.25, 0.3) is 17.6 Å². The highest BCUT2D eigenvalue weighted by molar-refractivity contribution is 7.15. The number of nitrogens with one attached hydrogen (secondary N) is 1. The Hall–Kier alpha value is -2.20. The van der Waals surface area contributed by atoms with Crippen molar-refractivity contribution in [3.05, 3.63) is 22.8 Å². The van der Waals surface area contributed by atoms with Crippen LogP contribution in [0.3, 0.4) is 0 Å². The van der Waals surface area contributed by atoms with Crippen LogP contribution in [0.15, 0.2) is 16.7 Å². The van der Waals surface area contributed by atoms with Crippen molar-refractivity contribution in [1.29, 1.82) is 5.26 Å². The van der Waals surface area contributed by atoms with E-state index >= 15 is 0 Å². The molecule has 0 saturated heterocycles. The van der Waals surface area contributed by atoms with Gasteiger partial charge in [0, 0.05) is 6.54 Å². The average molecular weight is 248 g/mol. The molecule has 0 atom stereocenters. The first-order valence-electron chi connectivity index (χ1n) is 4.86. The van der Waals surface area contributed by atoms with E-state index in [0.717, 1.165) is 0 Å². The first-order valence-corrected chi connectivity index (χ1v) is 5.68. The molecule has 1 amide bonds. The molecule has 0 aliphatic heterocycles. The molecule has 2 heterocycles. The van der Waals surface area contributed by atoms with Crippen LogP contribution in [0.1, 0.15) is 22.4 Å². The fourth-order valence-corrected chi connectivity index (χ4v) is 1.89. The summed E-state index contributed by atoms with van der Waals surface area (Å²) >= 11 is 1.24. The van der Waals surface area contributed by atoms with Gasteiger partial charge in [0.05, 0.1) is 4.88 Å². The van der Waals surface area contributed by atoms with E-state index in [2.05, 4.69) is 15.5 Å². The molecule has 1 N–H and O–H groups in total. The molecule has 0 bridgehead atoms. The minimum Gasteiger partial charge on any atom is -0.349 e. The summed E-state index contributed by atoms with van der Waals surface area (Å²) in [6.07, 6.45) is 0. The Labute approximate surface area is 101 Å². The Bertz CT molecular complexity index is 581. The SMILES string of the molecule is CCNC(=O)c1noc(-c2ccc(C#N)s2)n1. The predicted molar refractivity (Wildman–Crippen MR) is 60.3 cm³/mol. The van der Waals surface area contributed by atoms with Gasteiger partial charge in [-0.15, -0.1) is 11.3 Å². The molecule has 0 fully saturated rings. The van der Waals surface area contributed by atoms with Crippen molar-refractivity contribution in [2.24, 2.45) is 0 Å². The summed E-state index contributed by atoms with van der Waals surface area (Å²) in [6.45, 7) is 2.30. The molecule has 2 aromatic rings. The Morgan fingerprint density at radius 1 is 1.65 bits per heavy atom. The molecule has 0 saturated carbocycles. The van der Waals surface area contributed by atoms with Crippen LogP contribution in [0.25, 0.3) is 10.8 Å². The number of nitriles is 1. The van der Waals surface area contributed by atoms with Crippen LogP contribution in [-0.2, 0) is 0 Å². The summed E-state index contributed by atoms with van der Waals surface area (Å²) in [5.41, 5.74) is 0. The van der Waals surface area contributed by atoms with Crippen LogP contribution in [0.5, 0.6) is 0 Å². The van der Waals surface area contributed by atoms with E-state index in [1.165, 1.54) is 11.3 Å². The van der Waals surface area contributed by atoms with Gasteiger partial charge < -0.3 is 9.84 Å². The molecule has 6 nitrogen and oxygen atoms in total. The van der Waals surface area contributed by atoms with Crippen LogP contribution >= 0.6 is 11.3 Å². The number of hydrogen-bond acceptors (Lipinski definition) is 6. The van der Waals surface area contributed by atoms with E-state index in [4.69, 9.17) is 9.78 Å². The maximum atomic E-state index is 11.4. The Balaban J connectivity index is 2.24. The second kappa shape index (κ2) is 4.76. The molecule has 0 aliphatic rings. The van der Waals surface area contributed by atoms with Crippen LogP contribution in [0.4, 0.5) is 0 Å². The smallest absolute Gasteiger partial charge is 0.292 e. The van der Waals surface area contributed by atoms with E-state index in [-0.39, 0.29) is 17.6 Å². The van der Waals surface area contributed by atoms with Gasteiger partial charge in [0.2, 0.25) is 0 Å². The highest BCUT2D eigenvalue weighted by Crippen LogP contribution is 2.25. The lowest BCUT2D eigenvalue weighted by atomic mass is 10.4. The molecule has 0 aliphatic carbocycles. The molecule has 2 rings (SSSR count). The summed E-state index contributed by atoms with van der Waals surface area (Å²) < 4.78 is 4.96. The summed E-state index contributed by atoms with van der Waals surface area (Å²) in [5.74, 6) is -0.133. The van der Waals surface area contributed by atoms with Crippen LogP contribution < -0.4 is 5.32 Å². The van der Waals surface area contributed by atoms with E-state index in [1.54, 1.807) is 19.1 Å². The molecule has 0 spiro atoms. The summed E-state index contributed by atoms with van der Waals surface area (Å²) in [4.78, 5) is 16.6. The molecular weight excluding hydrogens is 240 g/mol. The Morgan fingerprint density at radius 3 is 3.12 bits per heavy atom. The highest BCUT2D eigenvalue weighted by Gasteiger charge is 2.16. The monoisotopic (exact) mass is 248 g/mol. The Kier molecular flexibility index (Phi) is 3.16. The third-order valence-electron chi connectivity index (χ3n) is 1.89. The Morgan fingerprint density at radius 2 is 2.47 bits per heavy atom. The van der Waals surface area contributed by atoms with E-state index in [9.17, 15) is 4.79 Å². The van der Waals surface area contributed by atoms with Crippen LogP contribution in [0, 0.1) is 11.3 Å². The zero-order chi connectivity index (χ0) is 12.3.